The highest BCUT2D eigenvalue weighted by Crippen LogP contribution is 2.31. The molecule has 4 aliphatic heterocycles. The van der Waals surface area contributed by atoms with Gasteiger partial charge in [0.25, 0.3) is 11.9 Å². The molecule has 1 aromatic carbocycles. The number of carbonyl (C=O) groups is 1. The van der Waals surface area contributed by atoms with Gasteiger partial charge in [-0.3, -0.25) is 9.69 Å². The van der Waals surface area contributed by atoms with Crippen LogP contribution in [0.25, 0.3) is 11.1 Å². The number of piperazine rings is 1. The number of benzene rings is 1. The van der Waals surface area contributed by atoms with Crippen molar-refractivity contribution in [2.45, 2.75) is 25.4 Å². The maximum Gasteiger partial charge on any atom is 0.298 e. The summed E-state index contributed by atoms with van der Waals surface area (Å²) in [7, 11) is 2.12. The van der Waals surface area contributed by atoms with Gasteiger partial charge in [0.15, 0.2) is 5.58 Å². The van der Waals surface area contributed by atoms with Crippen LogP contribution < -0.4 is 10.2 Å². The van der Waals surface area contributed by atoms with E-state index in [1.807, 2.05) is 18.2 Å². The van der Waals surface area contributed by atoms with E-state index < -0.39 is 0 Å². The van der Waals surface area contributed by atoms with Gasteiger partial charge in [-0.2, -0.15) is 4.98 Å². The Morgan fingerprint density at radius 3 is 2.48 bits per heavy atom. The van der Waals surface area contributed by atoms with Crippen molar-refractivity contribution in [2.75, 3.05) is 51.2 Å². The van der Waals surface area contributed by atoms with Crippen molar-refractivity contribution in [1.82, 2.24) is 20.1 Å². The van der Waals surface area contributed by atoms with Crippen molar-refractivity contribution in [2.24, 2.45) is 5.92 Å². The van der Waals surface area contributed by atoms with Crippen molar-refractivity contribution in [3.8, 4) is 0 Å². The third-order valence-corrected chi connectivity index (χ3v) is 6.37. The SMILES string of the molecule is CN1CCN(c2nc3c(C(=O)N[C@@H]4CC5CCN4CC5)cccc3o2)CC1.Cl.Cl. The lowest BCUT2D eigenvalue weighted by Crippen LogP contribution is -2.56. The van der Waals surface area contributed by atoms with E-state index in [2.05, 4.69) is 32.0 Å². The summed E-state index contributed by atoms with van der Waals surface area (Å²) in [4.78, 5) is 24.5. The number of anilines is 1. The number of hydrogen-bond donors (Lipinski definition) is 1. The molecule has 2 bridgehead atoms. The molecule has 4 aliphatic rings. The number of carbonyl (C=O) groups excluding carboxylic acids is 1. The Morgan fingerprint density at radius 1 is 1.10 bits per heavy atom. The lowest BCUT2D eigenvalue weighted by Gasteiger charge is -2.45. The van der Waals surface area contributed by atoms with E-state index in [1.54, 1.807) is 0 Å². The van der Waals surface area contributed by atoms with Crippen LogP contribution in [0.4, 0.5) is 6.01 Å². The van der Waals surface area contributed by atoms with Crippen molar-refractivity contribution in [3.63, 3.8) is 0 Å². The standard InChI is InChI=1S/C20H27N5O2.2ClH/c1-23-9-11-25(12-10-23)20-22-18-15(3-2-4-16(18)27-20)19(26)21-17-13-14-5-7-24(17)8-6-14;;/h2-4,14,17H,5-13H2,1H3,(H,21,26);2*1H/t17-;;/m0../s1. The molecule has 160 valence electrons. The molecule has 0 aliphatic carbocycles. The normalized spacial score (nSPS) is 26.7. The zero-order chi connectivity index (χ0) is 18.4. The Bertz CT molecular complexity index is 845. The number of rotatable bonds is 3. The van der Waals surface area contributed by atoms with Crippen LogP contribution >= 0.6 is 24.8 Å². The van der Waals surface area contributed by atoms with Crippen LogP contribution in [0.5, 0.6) is 0 Å². The molecule has 7 nitrogen and oxygen atoms in total. The number of amides is 1. The number of fused-ring (bicyclic) bond motifs is 4. The van der Waals surface area contributed by atoms with Crippen LogP contribution in [0.3, 0.4) is 0 Å². The minimum atomic E-state index is -0.0450. The van der Waals surface area contributed by atoms with Crippen molar-refractivity contribution in [1.29, 1.82) is 0 Å². The molecule has 0 spiro atoms. The van der Waals surface area contributed by atoms with Gasteiger partial charge < -0.3 is 19.5 Å². The Kier molecular flexibility index (Phi) is 6.94. The van der Waals surface area contributed by atoms with Crippen LogP contribution in [0.2, 0.25) is 0 Å². The first-order chi connectivity index (χ1) is 13.2. The molecule has 0 radical (unpaired) electrons. The predicted octanol–water partition coefficient (Wildman–Crippen LogP) is 2.59. The van der Waals surface area contributed by atoms with Gasteiger partial charge in [0.05, 0.1) is 11.7 Å². The summed E-state index contributed by atoms with van der Waals surface area (Å²) >= 11 is 0. The second-order valence-corrected chi connectivity index (χ2v) is 8.14. The number of para-hydroxylation sites is 1. The van der Waals surface area contributed by atoms with E-state index in [0.717, 1.165) is 51.6 Å². The van der Waals surface area contributed by atoms with Gasteiger partial charge in [-0.1, -0.05) is 6.07 Å². The van der Waals surface area contributed by atoms with Gasteiger partial charge >= 0.3 is 0 Å². The Labute approximate surface area is 183 Å². The molecule has 6 rings (SSSR count). The van der Waals surface area contributed by atoms with E-state index in [9.17, 15) is 4.79 Å². The highest BCUT2D eigenvalue weighted by Gasteiger charge is 2.34. The van der Waals surface area contributed by atoms with Crippen LogP contribution in [0, 0.1) is 5.92 Å². The van der Waals surface area contributed by atoms with Gasteiger partial charge in [-0.05, 0) is 44.4 Å². The van der Waals surface area contributed by atoms with E-state index in [-0.39, 0.29) is 36.9 Å². The molecule has 29 heavy (non-hydrogen) atoms. The van der Waals surface area contributed by atoms with Crippen LogP contribution in [-0.4, -0.2) is 73.2 Å². The quantitative estimate of drug-likeness (QED) is 0.789. The maximum absolute atomic E-state index is 13.0. The minimum Gasteiger partial charge on any atom is -0.423 e. The second-order valence-electron chi connectivity index (χ2n) is 8.14. The fourth-order valence-corrected chi connectivity index (χ4v) is 4.60. The average molecular weight is 442 g/mol. The largest absolute Gasteiger partial charge is 0.423 e. The van der Waals surface area contributed by atoms with Gasteiger partial charge in [0, 0.05) is 39.3 Å². The number of nitrogens with one attached hydrogen (secondary N) is 1. The van der Waals surface area contributed by atoms with E-state index >= 15 is 0 Å². The molecule has 0 unspecified atom stereocenters. The predicted molar refractivity (Wildman–Crippen MR) is 118 cm³/mol. The molecule has 1 aromatic heterocycles. The highest BCUT2D eigenvalue weighted by atomic mass is 35.5. The molecule has 1 amide bonds. The summed E-state index contributed by atoms with van der Waals surface area (Å²) in [6, 6.07) is 6.25. The second kappa shape index (κ2) is 9.08. The van der Waals surface area contributed by atoms with Crippen LogP contribution in [0.1, 0.15) is 29.6 Å². The smallest absolute Gasteiger partial charge is 0.298 e. The van der Waals surface area contributed by atoms with Gasteiger partial charge in [0.2, 0.25) is 0 Å². The minimum absolute atomic E-state index is 0. The van der Waals surface area contributed by atoms with Crippen molar-refractivity contribution in [3.05, 3.63) is 23.8 Å². The number of likely N-dealkylation sites (N-methyl/N-ethyl adjacent to an activating group) is 1. The number of hydrogen-bond acceptors (Lipinski definition) is 6. The zero-order valence-electron chi connectivity index (χ0n) is 16.7. The lowest BCUT2D eigenvalue weighted by molar-refractivity contribution is 0.0295. The van der Waals surface area contributed by atoms with Gasteiger partial charge in [-0.15, -0.1) is 24.8 Å². The van der Waals surface area contributed by atoms with E-state index in [1.165, 1.54) is 12.8 Å². The first-order valence-corrected chi connectivity index (χ1v) is 10.1. The molecule has 0 saturated carbocycles. The maximum atomic E-state index is 13.0. The molecule has 4 saturated heterocycles. The molecule has 2 aromatic rings. The van der Waals surface area contributed by atoms with Crippen molar-refractivity contribution >= 4 is 47.8 Å². The Balaban J connectivity index is 0.00000120. The summed E-state index contributed by atoms with van der Waals surface area (Å²) in [6.07, 6.45) is 3.75. The topological polar surface area (TPSA) is 64.8 Å². The Hall–Kier alpha value is -1.54. The summed E-state index contributed by atoms with van der Waals surface area (Å²) < 4.78 is 5.98. The molecular weight excluding hydrogens is 413 g/mol. The number of aromatic nitrogens is 1. The van der Waals surface area contributed by atoms with Crippen molar-refractivity contribution < 1.29 is 9.21 Å². The highest BCUT2D eigenvalue weighted by molar-refractivity contribution is 6.04. The van der Waals surface area contributed by atoms with E-state index in [0.29, 0.717) is 22.7 Å². The molecule has 1 atom stereocenters. The average Bonchev–Trinajstić information content (AvgIpc) is 3.13. The third-order valence-electron chi connectivity index (χ3n) is 6.37. The summed E-state index contributed by atoms with van der Waals surface area (Å²) in [5, 5.41) is 3.24. The lowest BCUT2D eigenvalue weighted by atomic mass is 9.86. The number of piperidine rings is 3. The molecule has 1 N–H and O–H groups in total. The fraction of sp³-hybridized carbons (Fsp3) is 0.600. The van der Waals surface area contributed by atoms with E-state index in [4.69, 9.17) is 4.42 Å². The molecule has 4 fully saturated rings. The molecule has 9 heteroatoms. The first kappa shape index (κ1) is 22.2. The van der Waals surface area contributed by atoms with Crippen LogP contribution in [0.15, 0.2) is 22.6 Å². The Morgan fingerprint density at radius 2 is 1.83 bits per heavy atom. The number of oxazole rings is 1. The van der Waals surface area contributed by atoms with Gasteiger partial charge in [0.1, 0.15) is 5.52 Å². The zero-order valence-corrected chi connectivity index (χ0v) is 18.3. The van der Waals surface area contributed by atoms with Gasteiger partial charge in [-0.25, -0.2) is 0 Å². The summed E-state index contributed by atoms with van der Waals surface area (Å²) in [5.74, 6) is 0.711. The molecule has 5 heterocycles. The first-order valence-electron chi connectivity index (χ1n) is 10.1. The molecular formula is C20H29Cl2N5O2. The number of nitrogens with zero attached hydrogens (tertiary/aromatic N) is 4. The fourth-order valence-electron chi connectivity index (χ4n) is 4.60. The summed E-state index contributed by atoms with van der Waals surface area (Å²) in [5.41, 5.74) is 1.96. The number of halogens is 2. The summed E-state index contributed by atoms with van der Waals surface area (Å²) in [6.45, 7) is 5.96. The monoisotopic (exact) mass is 441 g/mol. The van der Waals surface area contributed by atoms with Crippen LogP contribution in [-0.2, 0) is 0 Å². The third kappa shape index (κ3) is 4.33.